The molecule has 0 unspecified atom stereocenters. The number of nitro benzene ring substituents is 1. The predicted molar refractivity (Wildman–Crippen MR) is 88.0 cm³/mol. The van der Waals surface area contributed by atoms with Crippen molar-refractivity contribution in [1.29, 1.82) is 0 Å². The third kappa shape index (κ3) is 3.03. The summed E-state index contributed by atoms with van der Waals surface area (Å²) in [6, 6.07) is 6.57. The number of aromatic nitrogens is 2. The number of rotatable bonds is 3. The molecular weight excluding hydrogens is 310 g/mol. The lowest BCUT2D eigenvalue weighted by atomic mass is 10.1. The predicted octanol–water partition coefficient (Wildman–Crippen LogP) is 1.66. The van der Waals surface area contributed by atoms with Crippen molar-refractivity contribution in [2.24, 2.45) is 0 Å². The molecule has 0 aliphatic carbocycles. The molecular formula is C16H17N5O3. The molecule has 0 spiro atoms. The summed E-state index contributed by atoms with van der Waals surface area (Å²) in [5, 5.41) is 11.3. The van der Waals surface area contributed by atoms with Gasteiger partial charge in [0.15, 0.2) is 0 Å². The second-order valence-corrected chi connectivity index (χ2v) is 5.56. The Kier molecular flexibility index (Phi) is 4.37. The second-order valence-electron chi connectivity index (χ2n) is 5.56. The Labute approximate surface area is 138 Å². The first-order chi connectivity index (χ1) is 11.6. The maximum Gasteiger partial charge on any atom is 0.285 e. The van der Waals surface area contributed by atoms with Gasteiger partial charge in [0, 0.05) is 44.1 Å². The fourth-order valence-electron chi connectivity index (χ4n) is 2.81. The number of piperazine rings is 1. The van der Waals surface area contributed by atoms with E-state index in [2.05, 4.69) is 9.97 Å². The van der Waals surface area contributed by atoms with Crippen LogP contribution in [0.1, 0.15) is 15.9 Å². The van der Waals surface area contributed by atoms with Gasteiger partial charge < -0.3 is 9.80 Å². The number of hydrogen-bond donors (Lipinski definition) is 0. The molecule has 2 heterocycles. The molecule has 3 rings (SSSR count). The number of nitrogens with zero attached hydrogens (tertiary/aromatic N) is 5. The molecule has 1 aromatic carbocycles. The second kappa shape index (κ2) is 6.61. The van der Waals surface area contributed by atoms with Crippen LogP contribution in [0, 0.1) is 17.0 Å². The van der Waals surface area contributed by atoms with E-state index in [1.807, 2.05) is 4.90 Å². The fourth-order valence-corrected chi connectivity index (χ4v) is 2.81. The maximum absolute atomic E-state index is 12.7. The largest absolute Gasteiger partial charge is 0.337 e. The number of para-hydroxylation sites is 1. The molecule has 8 heteroatoms. The Morgan fingerprint density at radius 2 is 1.79 bits per heavy atom. The van der Waals surface area contributed by atoms with Crippen molar-refractivity contribution in [3.8, 4) is 0 Å². The van der Waals surface area contributed by atoms with Gasteiger partial charge in [-0.2, -0.15) is 0 Å². The molecule has 0 saturated carbocycles. The number of anilines is 1. The zero-order valence-electron chi connectivity index (χ0n) is 13.3. The SMILES string of the molecule is Cc1cccc(C(=O)N2CCN(c3ncccn3)CC2)c1[N+](=O)[O-]. The Bertz CT molecular complexity index is 758. The average Bonchev–Trinajstić information content (AvgIpc) is 2.61. The molecule has 0 N–H and O–H groups in total. The molecule has 0 bridgehead atoms. The molecule has 1 fully saturated rings. The standard InChI is InChI=1S/C16H17N5O3/c1-12-4-2-5-13(14(12)21(23)24)15(22)19-8-10-20(11-9-19)16-17-6-3-7-18-16/h2-7H,8-11H2,1H3. The zero-order valence-corrected chi connectivity index (χ0v) is 13.3. The van der Waals surface area contributed by atoms with E-state index >= 15 is 0 Å². The lowest BCUT2D eigenvalue weighted by molar-refractivity contribution is -0.385. The molecule has 1 aliphatic rings. The third-order valence-electron chi connectivity index (χ3n) is 4.05. The Morgan fingerprint density at radius 3 is 2.42 bits per heavy atom. The van der Waals surface area contributed by atoms with Crippen molar-refractivity contribution in [3.05, 3.63) is 57.9 Å². The Morgan fingerprint density at radius 1 is 1.12 bits per heavy atom. The molecule has 1 aromatic heterocycles. The van der Waals surface area contributed by atoms with Crippen molar-refractivity contribution in [2.75, 3.05) is 31.1 Å². The molecule has 1 aliphatic heterocycles. The van der Waals surface area contributed by atoms with Gasteiger partial charge in [0.25, 0.3) is 11.6 Å². The molecule has 2 aromatic rings. The third-order valence-corrected chi connectivity index (χ3v) is 4.05. The Hall–Kier alpha value is -3.03. The summed E-state index contributed by atoms with van der Waals surface area (Å²) in [6.45, 7) is 3.77. The lowest BCUT2D eigenvalue weighted by Crippen LogP contribution is -2.49. The number of hydrogen-bond acceptors (Lipinski definition) is 6. The lowest BCUT2D eigenvalue weighted by Gasteiger charge is -2.34. The fraction of sp³-hybridized carbons (Fsp3) is 0.312. The summed E-state index contributed by atoms with van der Waals surface area (Å²) in [5.41, 5.74) is 0.517. The quantitative estimate of drug-likeness (QED) is 0.629. The summed E-state index contributed by atoms with van der Waals surface area (Å²) in [6.07, 6.45) is 3.35. The number of benzene rings is 1. The number of nitro groups is 1. The molecule has 1 saturated heterocycles. The summed E-state index contributed by atoms with van der Waals surface area (Å²) >= 11 is 0. The average molecular weight is 327 g/mol. The van der Waals surface area contributed by atoms with Gasteiger partial charge in [-0.05, 0) is 19.1 Å². The van der Waals surface area contributed by atoms with E-state index in [1.165, 1.54) is 6.07 Å². The molecule has 0 radical (unpaired) electrons. The topological polar surface area (TPSA) is 92.5 Å². The molecule has 124 valence electrons. The van der Waals surface area contributed by atoms with Crippen molar-refractivity contribution >= 4 is 17.5 Å². The van der Waals surface area contributed by atoms with Crippen LogP contribution >= 0.6 is 0 Å². The maximum atomic E-state index is 12.7. The van der Waals surface area contributed by atoms with Crippen LogP contribution in [0.5, 0.6) is 0 Å². The highest BCUT2D eigenvalue weighted by molar-refractivity contribution is 5.98. The number of carbonyl (C=O) groups is 1. The van der Waals surface area contributed by atoms with Crippen LogP contribution in [0.3, 0.4) is 0 Å². The van der Waals surface area contributed by atoms with Gasteiger partial charge in [-0.3, -0.25) is 14.9 Å². The van der Waals surface area contributed by atoms with E-state index in [9.17, 15) is 14.9 Å². The highest BCUT2D eigenvalue weighted by Gasteiger charge is 2.29. The molecule has 1 amide bonds. The van der Waals surface area contributed by atoms with Crippen LogP contribution in [-0.2, 0) is 0 Å². The number of aryl methyl sites for hydroxylation is 1. The summed E-state index contributed by atoms with van der Waals surface area (Å²) < 4.78 is 0. The van der Waals surface area contributed by atoms with Crippen LogP contribution in [0.4, 0.5) is 11.6 Å². The first kappa shape index (κ1) is 15.9. The van der Waals surface area contributed by atoms with Crippen LogP contribution in [-0.4, -0.2) is 51.9 Å². The van der Waals surface area contributed by atoms with Gasteiger partial charge in [-0.1, -0.05) is 12.1 Å². The van der Waals surface area contributed by atoms with Gasteiger partial charge in [0.2, 0.25) is 5.95 Å². The van der Waals surface area contributed by atoms with Gasteiger partial charge >= 0.3 is 0 Å². The van der Waals surface area contributed by atoms with Crippen molar-refractivity contribution in [3.63, 3.8) is 0 Å². The minimum atomic E-state index is -0.489. The van der Waals surface area contributed by atoms with E-state index in [0.717, 1.165) is 0 Å². The highest BCUT2D eigenvalue weighted by Crippen LogP contribution is 2.25. The van der Waals surface area contributed by atoms with Crippen molar-refractivity contribution in [2.45, 2.75) is 6.92 Å². The van der Waals surface area contributed by atoms with Gasteiger partial charge in [0.1, 0.15) is 5.56 Å². The van der Waals surface area contributed by atoms with E-state index in [-0.39, 0.29) is 17.2 Å². The normalized spacial score (nSPS) is 14.5. The van der Waals surface area contributed by atoms with Crippen LogP contribution in [0.2, 0.25) is 0 Å². The van der Waals surface area contributed by atoms with Crippen molar-refractivity contribution < 1.29 is 9.72 Å². The number of carbonyl (C=O) groups excluding carboxylic acids is 1. The number of amides is 1. The van der Waals surface area contributed by atoms with E-state index in [0.29, 0.717) is 37.7 Å². The van der Waals surface area contributed by atoms with Gasteiger partial charge in [-0.15, -0.1) is 0 Å². The molecule has 24 heavy (non-hydrogen) atoms. The van der Waals surface area contributed by atoms with Gasteiger partial charge in [0.05, 0.1) is 4.92 Å². The van der Waals surface area contributed by atoms with Crippen LogP contribution < -0.4 is 4.90 Å². The van der Waals surface area contributed by atoms with Crippen LogP contribution in [0.15, 0.2) is 36.7 Å². The molecule has 8 nitrogen and oxygen atoms in total. The molecule has 0 atom stereocenters. The minimum absolute atomic E-state index is 0.115. The summed E-state index contributed by atoms with van der Waals surface area (Å²) in [5.74, 6) is 0.324. The van der Waals surface area contributed by atoms with Gasteiger partial charge in [-0.25, -0.2) is 9.97 Å². The summed E-state index contributed by atoms with van der Waals surface area (Å²) in [4.78, 5) is 35.5. The van der Waals surface area contributed by atoms with Crippen LogP contribution in [0.25, 0.3) is 0 Å². The first-order valence-electron chi connectivity index (χ1n) is 7.63. The highest BCUT2D eigenvalue weighted by atomic mass is 16.6. The Balaban J connectivity index is 1.75. The zero-order chi connectivity index (χ0) is 17.1. The summed E-state index contributed by atoms with van der Waals surface area (Å²) in [7, 11) is 0. The van der Waals surface area contributed by atoms with E-state index in [1.54, 1.807) is 42.4 Å². The smallest absolute Gasteiger partial charge is 0.285 e. The first-order valence-corrected chi connectivity index (χ1v) is 7.63. The van der Waals surface area contributed by atoms with E-state index in [4.69, 9.17) is 0 Å². The monoisotopic (exact) mass is 327 g/mol. The van der Waals surface area contributed by atoms with Crippen molar-refractivity contribution in [1.82, 2.24) is 14.9 Å². The minimum Gasteiger partial charge on any atom is -0.337 e. The van der Waals surface area contributed by atoms with E-state index < -0.39 is 4.92 Å².